The lowest BCUT2D eigenvalue weighted by molar-refractivity contribution is 0.897. The van der Waals surface area contributed by atoms with E-state index in [0.717, 1.165) is 17.7 Å². The van der Waals surface area contributed by atoms with E-state index in [9.17, 15) is 0 Å². The van der Waals surface area contributed by atoms with Crippen molar-refractivity contribution in [2.75, 3.05) is 0 Å². The molecule has 0 N–H and O–H groups in total. The van der Waals surface area contributed by atoms with Crippen molar-refractivity contribution >= 4 is 0 Å². The molecule has 1 aromatic carbocycles. The van der Waals surface area contributed by atoms with Crippen molar-refractivity contribution in [3.8, 4) is 17.3 Å². The van der Waals surface area contributed by atoms with E-state index in [1.54, 1.807) is 10.9 Å². The maximum absolute atomic E-state index is 9.13. The fourth-order valence-electron chi connectivity index (χ4n) is 2.49. The van der Waals surface area contributed by atoms with E-state index in [-0.39, 0.29) is 0 Å². The molecule has 3 rings (SSSR count). The van der Waals surface area contributed by atoms with Crippen LogP contribution in [0.4, 0.5) is 0 Å². The van der Waals surface area contributed by atoms with Crippen molar-refractivity contribution in [1.29, 1.82) is 5.26 Å². The van der Waals surface area contributed by atoms with Crippen LogP contribution in [0.2, 0.25) is 0 Å². The third kappa shape index (κ3) is 1.53. The van der Waals surface area contributed by atoms with Crippen LogP contribution in [0.25, 0.3) is 11.3 Å². The summed E-state index contributed by atoms with van der Waals surface area (Å²) in [5.41, 5.74) is 5.34. The number of aromatic nitrogens is 2. The fraction of sp³-hybridized carbons (Fsp3) is 0.286. The number of hydrogen-bond donors (Lipinski definition) is 0. The van der Waals surface area contributed by atoms with Crippen molar-refractivity contribution in [1.82, 2.24) is 9.55 Å². The third-order valence-electron chi connectivity index (χ3n) is 3.41. The highest BCUT2D eigenvalue weighted by Crippen LogP contribution is 2.28. The molecule has 2 aromatic rings. The number of nitriles is 1. The molecule has 1 aliphatic carbocycles. The maximum atomic E-state index is 9.13. The van der Waals surface area contributed by atoms with Gasteiger partial charge in [-0.1, -0.05) is 12.1 Å². The van der Waals surface area contributed by atoms with Gasteiger partial charge in [0.2, 0.25) is 0 Å². The van der Waals surface area contributed by atoms with Gasteiger partial charge in [0.15, 0.2) is 0 Å². The van der Waals surface area contributed by atoms with Crippen molar-refractivity contribution in [2.45, 2.75) is 19.3 Å². The molecule has 3 nitrogen and oxygen atoms in total. The molecule has 1 aromatic heterocycles. The van der Waals surface area contributed by atoms with Crippen molar-refractivity contribution in [3.63, 3.8) is 0 Å². The first-order valence-corrected chi connectivity index (χ1v) is 5.83. The molecule has 0 aliphatic heterocycles. The zero-order valence-corrected chi connectivity index (χ0v) is 9.77. The molecule has 0 amide bonds. The lowest BCUT2D eigenvalue weighted by Crippen LogP contribution is -1.91. The zero-order chi connectivity index (χ0) is 11.8. The van der Waals surface area contributed by atoms with E-state index in [1.165, 1.54) is 24.0 Å². The molecule has 0 spiro atoms. The molecule has 0 atom stereocenters. The molecule has 3 heteroatoms. The van der Waals surface area contributed by atoms with Crippen molar-refractivity contribution in [2.24, 2.45) is 7.05 Å². The maximum Gasteiger partial charge on any atom is 0.147 e. The smallest absolute Gasteiger partial charge is 0.147 e. The SMILES string of the molecule is Cn1cnc(-c2ccc3c(c2)CCC3)c1C#N. The van der Waals surface area contributed by atoms with Gasteiger partial charge in [0.05, 0.1) is 6.33 Å². The minimum Gasteiger partial charge on any atom is -0.325 e. The largest absolute Gasteiger partial charge is 0.325 e. The number of benzene rings is 1. The third-order valence-corrected chi connectivity index (χ3v) is 3.41. The second-order valence-corrected chi connectivity index (χ2v) is 4.50. The first kappa shape index (κ1) is 10.1. The van der Waals surface area contributed by atoms with E-state index in [0.29, 0.717) is 5.69 Å². The average molecular weight is 223 g/mol. The highest BCUT2D eigenvalue weighted by atomic mass is 15.0. The molecular weight excluding hydrogens is 210 g/mol. The number of nitrogens with zero attached hydrogens (tertiary/aromatic N) is 3. The number of hydrogen-bond acceptors (Lipinski definition) is 2. The summed E-state index contributed by atoms with van der Waals surface area (Å²) < 4.78 is 1.77. The van der Waals surface area contributed by atoms with Gasteiger partial charge in [0.1, 0.15) is 17.5 Å². The van der Waals surface area contributed by atoms with Gasteiger partial charge in [-0.25, -0.2) is 4.98 Å². The van der Waals surface area contributed by atoms with Crippen LogP contribution in [0, 0.1) is 11.3 Å². The quantitative estimate of drug-likeness (QED) is 0.745. The number of imidazole rings is 1. The summed E-state index contributed by atoms with van der Waals surface area (Å²) in [5, 5.41) is 9.13. The van der Waals surface area contributed by atoms with Crippen LogP contribution in [-0.4, -0.2) is 9.55 Å². The Balaban J connectivity index is 2.13. The summed E-state index contributed by atoms with van der Waals surface area (Å²) in [6, 6.07) is 8.65. The van der Waals surface area contributed by atoms with Crippen LogP contribution < -0.4 is 0 Å². The molecule has 0 fully saturated rings. The van der Waals surface area contributed by atoms with Crippen LogP contribution in [-0.2, 0) is 19.9 Å². The Morgan fingerprint density at radius 1 is 1.29 bits per heavy atom. The predicted octanol–water partition coefficient (Wildman–Crippen LogP) is 2.45. The zero-order valence-electron chi connectivity index (χ0n) is 9.77. The van der Waals surface area contributed by atoms with Gasteiger partial charge < -0.3 is 4.57 Å². The highest BCUT2D eigenvalue weighted by Gasteiger charge is 2.15. The van der Waals surface area contributed by atoms with E-state index in [4.69, 9.17) is 5.26 Å². The molecule has 0 unspecified atom stereocenters. The minimum atomic E-state index is 0.628. The van der Waals surface area contributed by atoms with Gasteiger partial charge in [0.25, 0.3) is 0 Å². The van der Waals surface area contributed by atoms with Gasteiger partial charge in [-0.2, -0.15) is 5.26 Å². The first-order valence-electron chi connectivity index (χ1n) is 5.83. The molecule has 84 valence electrons. The van der Waals surface area contributed by atoms with Crippen LogP contribution in [0.15, 0.2) is 24.5 Å². The molecule has 0 saturated heterocycles. The summed E-state index contributed by atoms with van der Waals surface area (Å²) in [6.45, 7) is 0. The average Bonchev–Trinajstić information content (AvgIpc) is 2.93. The van der Waals surface area contributed by atoms with E-state index in [1.807, 2.05) is 7.05 Å². The lowest BCUT2D eigenvalue weighted by atomic mass is 10.0. The molecule has 17 heavy (non-hydrogen) atoms. The molecule has 0 saturated carbocycles. The van der Waals surface area contributed by atoms with Gasteiger partial charge in [0, 0.05) is 12.6 Å². The van der Waals surface area contributed by atoms with Gasteiger partial charge in [-0.05, 0) is 36.5 Å². The number of rotatable bonds is 1. The normalized spacial score (nSPS) is 13.4. The topological polar surface area (TPSA) is 41.6 Å². The number of aryl methyl sites for hydroxylation is 3. The standard InChI is InChI=1S/C14H13N3/c1-17-9-16-14(13(17)8-15)12-6-5-10-3-2-4-11(10)7-12/h5-7,9H,2-4H2,1H3. The molecular formula is C14H13N3. The Kier molecular flexibility index (Phi) is 2.22. The summed E-state index contributed by atoms with van der Waals surface area (Å²) in [5.74, 6) is 0. The summed E-state index contributed by atoms with van der Waals surface area (Å²) >= 11 is 0. The molecule has 0 radical (unpaired) electrons. The predicted molar refractivity (Wildman–Crippen MR) is 65.4 cm³/mol. The Morgan fingerprint density at radius 2 is 2.12 bits per heavy atom. The fourth-order valence-corrected chi connectivity index (χ4v) is 2.49. The molecule has 1 heterocycles. The Bertz CT molecular complexity index is 617. The van der Waals surface area contributed by atoms with E-state index >= 15 is 0 Å². The molecule has 0 bridgehead atoms. The second-order valence-electron chi connectivity index (χ2n) is 4.50. The monoisotopic (exact) mass is 223 g/mol. The van der Waals surface area contributed by atoms with Crippen LogP contribution in [0.5, 0.6) is 0 Å². The summed E-state index contributed by atoms with van der Waals surface area (Å²) in [4.78, 5) is 4.32. The summed E-state index contributed by atoms with van der Waals surface area (Å²) in [6.07, 6.45) is 5.27. The van der Waals surface area contributed by atoms with Crippen LogP contribution in [0.3, 0.4) is 0 Å². The number of fused-ring (bicyclic) bond motifs is 1. The lowest BCUT2D eigenvalue weighted by Gasteiger charge is -2.03. The van der Waals surface area contributed by atoms with E-state index < -0.39 is 0 Å². The van der Waals surface area contributed by atoms with Crippen LogP contribution >= 0.6 is 0 Å². The van der Waals surface area contributed by atoms with Crippen LogP contribution in [0.1, 0.15) is 23.2 Å². The Morgan fingerprint density at radius 3 is 2.94 bits per heavy atom. The molecule has 1 aliphatic rings. The first-order chi connectivity index (χ1) is 8.29. The van der Waals surface area contributed by atoms with Gasteiger partial charge in [-0.15, -0.1) is 0 Å². The highest BCUT2D eigenvalue weighted by molar-refractivity contribution is 5.66. The minimum absolute atomic E-state index is 0.628. The van der Waals surface area contributed by atoms with E-state index in [2.05, 4.69) is 29.3 Å². The van der Waals surface area contributed by atoms with Gasteiger partial charge in [-0.3, -0.25) is 0 Å². The Hall–Kier alpha value is -2.08. The van der Waals surface area contributed by atoms with Crippen molar-refractivity contribution < 1.29 is 0 Å². The Labute approximate surface area is 100 Å². The second kappa shape index (κ2) is 3.74. The van der Waals surface area contributed by atoms with Gasteiger partial charge >= 0.3 is 0 Å². The summed E-state index contributed by atoms with van der Waals surface area (Å²) in [7, 11) is 1.85. The van der Waals surface area contributed by atoms with Crippen molar-refractivity contribution in [3.05, 3.63) is 41.3 Å².